The smallest absolute Gasteiger partial charge is 0.292 e. The summed E-state index contributed by atoms with van der Waals surface area (Å²) in [6.07, 6.45) is -2.54. The van der Waals surface area contributed by atoms with Crippen molar-refractivity contribution in [1.82, 2.24) is 29.4 Å². The van der Waals surface area contributed by atoms with Crippen LogP contribution in [0, 0.1) is 5.82 Å². The van der Waals surface area contributed by atoms with E-state index in [1.54, 1.807) is 0 Å². The normalized spacial score (nSPS) is 11.9. The van der Waals surface area contributed by atoms with Gasteiger partial charge < -0.3 is 0 Å². The van der Waals surface area contributed by atoms with E-state index < -0.39 is 23.5 Å². The van der Waals surface area contributed by atoms with Gasteiger partial charge in [-0.25, -0.2) is 18.9 Å². The molecule has 0 amide bonds. The second-order valence-corrected chi connectivity index (χ2v) is 8.27. The standard InChI is InChI=1S/C22H14F4N6OS/c1-31-19(14(9-27-31)21-28-17(11-34-21)22(24,25)26)16(33)7-13-8-18-29-20(12-5-3-2-4-6-12)30-32(18)10-15(13)23/h2-6,8-11H,7H2,1H3. The average molecular weight is 486 g/mol. The van der Waals surface area contributed by atoms with Crippen molar-refractivity contribution >= 4 is 22.8 Å². The van der Waals surface area contributed by atoms with Crippen molar-refractivity contribution in [3.63, 3.8) is 0 Å². The van der Waals surface area contributed by atoms with Gasteiger partial charge in [0.05, 0.1) is 18.0 Å². The lowest BCUT2D eigenvalue weighted by molar-refractivity contribution is -0.140. The molecule has 0 saturated carbocycles. The molecular weight excluding hydrogens is 472 g/mol. The molecule has 0 aliphatic carbocycles. The molecule has 0 aliphatic heterocycles. The third kappa shape index (κ3) is 3.96. The van der Waals surface area contributed by atoms with E-state index in [0.717, 1.165) is 28.5 Å². The summed E-state index contributed by atoms with van der Waals surface area (Å²) in [5, 5.41) is 9.15. The van der Waals surface area contributed by atoms with E-state index in [9.17, 15) is 22.4 Å². The van der Waals surface area contributed by atoms with Gasteiger partial charge in [-0.3, -0.25) is 9.48 Å². The van der Waals surface area contributed by atoms with Crippen LogP contribution in [0.2, 0.25) is 0 Å². The maximum absolute atomic E-state index is 14.8. The molecule has 4 heterocycles. The number of rotatable bonds is 5. The molecule has 1 aromatic carbocycles. The van der Waals surface area contributed by atoms with Gasteiger partial charge in [0.25, 0.3) is 0 Å². The third-order valence-electron chi connectivity index (χ3n) is 5.11. The number of thiazole rings is 1. The van der Waals surface area contributed by atoms with Crippen molar-refractivity contribution < 1.29 is 22.4 Å². The second kappa shape index (κ2) is 8.13. The van der Waals surface area contributed by atoms with E-state index in [4.69, 9.17) is 0 Å². The van der Waals surface area contributed by atoms with E-state index in [2.05, 4.69) is 20.2 Å². The quantitative estimate of drug-likeness (QED) is 0.263. The molecule has 0 aliphatic rings. The maximum Gasteiger partial charge on any atom is 0.434 e. The van der Waals surface area contributed by atoms with Crippen molar-refractivity contribution in [3.8, 4) is 22.0 Å². The van der Waals surface area contributed by atoms with Gasteiger partial charge in [-0.1, -0.05) is 30.3 Å². The number of aromatic nitrogens is 6. The van der Waals surface area contributed by atoms with Crippen LogP contribution in [-0.4, -0.2) is 35.1 Å². The van der Waals surface area contributed by atoms with Crippen LogP contribution < -0.4 is 0 Å². The number of carbonyl (C=O) groups is 1. The zero-order valence-electron chi connectivity index (χ0n) is 17.4. The Morgan fingerprint density at radius 1 is 1.15 bits per heavy atom. The lowest BCUT2D eigenvalue weighted by Gasteiger charge is -2.06. The zero-order chi connectivity index (χ0) is 24.0. The van der Waals surface area contributed by atoms with Gasteiger partial charge in [0.1, 0.15) is 16.5 Å². The van der Waals surface area contributed by atoms with Crippen LogP contribution in [0.5, 0.6) is 0 Å². The van der Waals surface area contributed by atoms with Crippen LogP contribution in [0.1, 0.15) is 21.7 Å². The Labute approximate surface area is 193 Å². The fourth-order valence-corrected chi connectivity index (χ4v) is 4.33. The van der Waals surface area contributed by atoms with Crippen molar-refractivity contribution in [1.29, 1.82) is 0 Å². The molecule has 0 bridgehead atoms. The molecule has 34 heavy (non-hydrogen) atoms. The average Bonchev–Trinajstić information content (AvgIpc) is 3.52. The van der Waals surface area contributed by atoms with E-state index in [1.165, 1.54) is 28.5 Å². The van der Waals surface area contributed by atoms with Crippen molar-refractivity contribution in [2.45, 2.75) is 12.6 Å². The van der Waals surface area contributed by atoms with E-state index >= 15 is 0 Å². The summed E-state index contributed by atoms with van der Waals surface area (Å²) in [7, 11) is 1.49. The third-order valence-corrected chi connectivity index (χ3v) is 5.99. The first-order valence-corrected chi connectivity index (χ1v) is 10.8. The number of hydrogen-bond donors (Lipinski definition) is 0. The molecular formula is C22H14F4N6OS. The summed E-state index contributed by atoms with van der Waals surface area (Å²) in [6.45, 7) is 0. The molecule has 0 atom stereocenters. The molecule has 5 rings (SSSR count). The largest absolute Gasteiger partial charge is 0.434 e. The minimum absolute atomic E-state index is 0.00431. The molecule has 0 fully saturated rings. The van der Waals surface area contributed by atoms with E-state index in [0.29, 0.717) is 11.5 Å². The number of alkyl halides is 3. The first-order chi connectivity index (χ1) is 16.2. The van der Waals surface area contributed by atoms with Crippen LogP contribution in [0.4, 0.5) is 17.6 Å². The Kier molecular flexibility index (Phi) is 5.24. The maximum atomic E-state index is 14.8. The lowest BCUT2D eigenvalue weighted by atomic mass is 10.1. The van der Waals surface area contributed by atoms with Gasteiger partial charge in [0, 0.05) is 30.0 Å². The van der Waals surface area contributed by atoms with Crippen LogP contribution in [0.3, 0.4) is 0 Å². The van der Waals surface area contributed by atoms with Gasteiger partial charge in [-0.15, -0.1) is 16.4 Å². The Morgan fingerprint density at radius 3 is 2.62 bits per heavy atom. The highest BCUT2D eigenvalue weighted by Gasteiger charge is 2.34. The van der Waals surface area contributed by atoms with Gasteiger partial charge in [0.2, 0.25) is 0 Å². The molecule has 0 unspecified atom stereocenters. The Bertz CT molecular complexity index is 1520. The van der Waals surface area contributed by atoms with Crippen LogP contribution in [0.25, 0.3) is 27.6 Å². The molecule has 172 valence electrons. The summed E-state index contributed by atoms with van der Waals surface area (Å²) in [5.74, 6) is -0.783. The summed E-state index contributed by atoms with van der Waals surface area (Å²) in [6, 6.07) is 10.6. The molecule has 4 aromatic heterocycles. The SMILES string of the molecule is Cn1ncc(-c2nc(C(F)(F)F)cs2)c1C(=O)Cc1cc2nc(-c3ccccc3)nn2cc1F. The Morgan fingerprint density at radius 2 is 1.91 bits per heavy atom. The van der Waals surface area contributed by atoms with Crippen LogP contribution in [0.15, 0.2) is 54.2 Å². The first kappa shape index (κ1) is 21.9. The molecule has 0 N–H and O–H groups in total. The Balaban J connectivity index is 1.47. The number of nitrogens with zero attached hydrogens (tertiary/aromatic N) is 6. The van der Waals surface area contributed by atoms with Crippen molar-refractivity contribution in [2.24, 2.45) is 7.05 Å². The number of aryl methyl sites for hydroxylation is 1. The van der Waals surface area contributed by atoms with Crippen LogP contribution >= 0.6 is 11.3 Å². The number of pyridine rings is 1. The summed E-state index contributed by atoms with van der Waals surface area (Å²) < 4.78 is 56.2. The lowest BCUT2D eigenvalue weighted by Crippen LogP contribution is -2.12. The van der Waals surface area contributed by atoms with Gasteiger partial charge in [-0.2, -0.15) is 18.3 Å². The molecule has 7 nitrogen and oxygen atoms in total. The second-order valence-electron chi connectivity index (χ2n) is 7.42. The van der Waals surface area contributed by atoms with Gasteiger partial charge >= 0.3 is 6.18 Å². The topological polar surface area (TPSA) is 78.0 Å². The number of halogens is 4. The minimum Gasteiger partial charge on any atom is -0.292 e. The highest BCUT2D eigenvalue weighted by Crippen LogP contribution is 2.35. The fraction of sp³-hybridized carbons (Fsp3) is 0.136. The van der Waals surface area contributed by atoms with Gasteiger partial charge in [0.15, 0.2) is 22.9 Å². The summed E-state index contributed by atoms with van der Waals surface area (Å²) in [4.78, 5) is 21.1. The monoisotopic (exact) mass is 486 g/mol. The number of benzene rings is 1. The highest BCUT2D eigenvalue weighted by molar-refractivity contribution is 7.13. The van der Waals surface area contributed by atoms with Crippen molar-refractivity contribution in [3.05, 3.63) is 76.9 Å². The number of ketones is 1. The molecule has 5 aromatic rings. The highest BCUT2D eigenvalue weighted by atomic mass is 32.1. The van der Waals surface area contributed by atoms with Crippen LogP contribution in [-0.2, 0) is 19.6 Å². The number of carbonyl (C=O) groups excluding carboxylic acids is 1. The number of Topliss-reactive ketones (excluding diaryl/α,β-unsaturated/α-hetero) is 1. The van der Waals surface area contributed by atoms with E-state index in [-0.39, 0.29) is 28.2 Å². The molecule has 0 spiro atoms. The molecule has 0 saturated heterocycles. The zero-order valence-corrected chi connectivity index (χ0v) is 18.2. The summed E-state index contributed by atoms with van der Waals surface area (Å²) >= 11 is 0.754. The predicted molar refractivity (Wildman–Crippen MR) is 116 cm³/mol. The predicted octanol–water partition coefficient (Wildman–Crippen LogP) is 4.84. The Hall–Kier alpha value is -3.93. The molecule has 0 radical (unpaired) electrons. The number of hydrogen-bond acceptors (Lipinski definition) is 6. The van der Waals surface area contributed by atoms with Gasteiger partial charge in [-0.05, 0) is 6.07 Å². The van der Waals surface area contributed by atoms with E-state index in [1.807, 2.05) is 30.3 Å². The van der Waals surface area contributed by atoms with Crippen molar-refractivity contribution in [2.75, 3.05) is 0 Å². The summed E-state index contributed by atoms with van der Waals surface area (Å²) in [5.41, 5.74) is 0.324. The minimum atomic E-state index is -4.60. The molecule has 12 heteroatoms. The fourth-order valence-electron chi connectivity index (χ4n) is 3.50. The first-order valence-electron chi connectivity index (χ1n) is 9.89. The number of fused-ring (bicyclic) bond motifs is 1.